The van der Waals surface area contributed by atoms with Gasteiger partial charge in [0, 0.05) is 18.2 Å². The molecule has 2 bridgehead atoms. The first-order valence-electron chi connectivity index (χ1n) is 9.28. The number of piperidine rings is 3. The highest BCUT2D eigenvalue weighted by molar-refractivity contribution is 7.17. The van der Waals surface area contributed by atoms with Crippen LogP contribution in [0.25, 0.3) is 10.6 Å². The minimum absolute atomic E-state index is 0.00600. The molecule has 1 atom stereocenters. The Labute approximate surface area is 169 Å². The summed E-state index contributed by atoms with van der Waals surface area (Å²) in [6, 6.07) is 6.18. The molecule has 3 fully saturated rings. The molecule has 2 N–H and O–H groups in total. The molecular weight excluding hydrogens is 405 g/mol. The van der Waals surface area contributed by atoms with Crippen LogP contribution in [0.4, 0.5) is 18.9 Å². The van der Waals surface area contributed by atoms with E-state index in [1.807, 2.05) is 5.32 Å². The number of halogens is 3. The van der Waals surface area contributed by atoms with Crippen molar-refractivity contribution >= 4 is 28.8 Å². The summed E-state index contributed by atoms with van der Waals surface area (Å²) in [5, 5.41) is 5.30. The average Bonchev–Trinajstić information content (AvgIpc) is 3.19. The number of anilines is 1. The van der Waals surface area contributed by atoms with Crippen LogP contribution in [0.3, 0.4) is 0 Å². The van der Waals surface area contributed by atoms with E-state index in [0.717, 1.165) is 43.8 Å². The van der Waals surface area contributed by atoms with Crippen molar-refractivity contribution in [3.8, 4) is 10.6 Å². The van der Waals surface area contributed by atoms with Crippen LogP contribution in [0.15, 0.2) is 30.5 Å². The molecule has 1 aromatic carbocycles. The van der Waals surface area contributed by atoms with E-state index < -0.39 is 12.1 Å². The summed E-state index contributed by atoms with van der Waals surface area (Å²) in [4.78, 5) is 30.9. The molecule has 6 nitrogen and oxygen atoms in total. The molecule has 0 unspecified atom stereocenters. The lowest BCUT2D eigenvalue weighted by atomic mass is 9.84. The smallest absolute Gasteiger partial charge is 0.347 e. The number of benzene rings is 1. The number of fused-ring (bicyclic) bond motifs is 3. The van der Waals surface area contributed by atoms with E-state index in [1.54, 1.807) is 12.1 Å². The highest BCUT2D eigenvalue weighted by Gasteiger charge is 2.39. The summed E-state index contributed by atoms with van der Waals surface area (Å²) in [6.07, 6.45) is -1.42. The number of hydrogen-bond acceptors (Lipinski definition) is 5. The van der Waals surface area contributed by atoms with Crippen LogP contribution in [-0.4, -0.2) is 53.6 Å². The maximum Gasteiger partial charge on any atom is 0.471 e. The molecule has 154 valence electrons. The van der Waals surface area contributed by atoms with Crippen LogP contribution in [0.2, 0.25) is 0 Å². The number of hydrogen-bond donors (Lipinski definition) is 2. The number of amides is 2. The zero-order chi connectivity index (χ0) is 20.6. The third kappa shape index (κ3) is 4.27. The molecule has 3 saturated heterocycles. The zero-order valence-corrected chi connectivity index (χ0v) is 16.1. The lowest BCUT2D eigenvalue weighted by molar-refractivity contribution is -0.167. The Morgan fingerprint density at radius 1 is 1.17 bits per heavy atom. The number of thiazole rings is 1. The molecule has 29 heavy (non-hydrogen) atoms. The number of alkyl halides is 3. The summed E-state index contributed by atoms with van der Waals surface area (Å²) in [6.45, 7) is 2.98. The molecule has 3 aliphatic rings. The van der Waals surface area contributed by atoms with Crippen LogP contribution in [-0.2, 0) is 4.79 Å². The predicted octanol–water partition coefficient (Wildman–Crippen LogP) is 3.13. The van der Waals surface area contributed by atoms with E-state index in [4.69, 9.17) is 0 Å². The fourth-order valence-electron chi connectivity index (χ4n) is 3.84. The second-order valence-electron chi connectivity index (χ2n) is 7.25. The molecule has 1 aromatic heterocycles. The van der Waals surface area contributed by atoms with E-state index >= 15 is 0 Å². The van der Waals surface area contributed by atoms with Crippen molar-refractivity contribution in [1.82, 2.24) is 15.2 Å². The molecule has 2 aromatic rings. The van der Waals surface area contributed by atoms with Crippen molar-refractivity contribution in [2.24, 2.45) is 5.92 Å². The summed E-state index contributed by atoms with van der Waals surface area (Å²) in [5.74, 6) is -1.80. The van der Waals surface area contributed by atoms with Gasteiger partial charge in [-0.25, -0.2) is 4.98 Å². The van der Waals surface area contributed by atoms with Crippen molar-refractivity contribution in [3.05, 3.63) is 35.3 Å². The lowest BCUT2D eigenvalue weighted by Crippen LogP contribution is -2.57. The topological polar surface area (TPSA) is 74.3 Å². The molecule has 2 amide bonds. The first-order chi connectivity index (χ1) is 13.8. The van der Waals surface area contributed by atoms with Crippen LogP contribution >= 0.6 is 11.3 Å². The van der Waals surface area contributed by atoms with Gasteiger partial charge in [-0.05, 0) is 44.0 Å². The zero-order valence-electron chi connectivity index (χ0n) is 15.3. The van der Waals surface area contributed by atoms with Crippen molar-refractivity contribution < 1.29 is 22.8 Å². The Balaban J connectivity index is 1.49. The van der Waals surface area contributed by atoms with Crippen LogP contribution in [0, 0.1) is 5.92 Å². The molecule has 3 aliphatic heterocycles. The minimum atomic E-state index is -4.99. The fourth-order valence-corrected chi connectivity index (χ4v) is 4.70. The minimum Gasteiger partial charge on any atom is -0.347 e. The molecule has 5 rings (SSSR count). The largest absolute Gasteiger partial charge is 0.471 e. The summed E-state index contributed by atoms with van der Waals surface area (Å²) in [5.41, 5.74) is 0.325. The first-order valence-corrected chi connectivity index (χ1v) is 10.1. The number of carbonyl (C=O) groups excluding carboxylic acids is 2. The number of rotatable bonds is 4. The van der Waals surface area contributed by atoms with Crippen molar-refractivity contribution in [2.45, 2.75) is 25.1 Å². The third-order valence-corrected chi connectivity index (χ3v) is 6.39. The Hall–Kier alpha value is -2.46. The molecule has 0 aliphatic carbocycles. The Morgan fingerprint density at radius 2 is 1.90 bits per heavy atom. The standard InChI is InChI=1S/C19H19F3N4O2S/c20-19(21,22)18(28)25-13-4-2-1-3-12(13)17-23-9-15(29-17)16(27)24-14-10-26-7-5-11(14)6-8-26/h1-4,9,11,14H,5-8,10H2,(H,24,27)(H,25,28)/t14-/m0/s1. The maximum atomic E-state index is 12.7. The van der Waals surface area contributed by atoms with Gasteiger partial charge in [0.05, 0.1) is 11.9 Å². The second kappa shape index (κ2) is 7.75. The Bertz CT molecular complexity index is 922. The molecule has 0 radical (unpaired) electrons. The summed E-state index contributed by atoms with van der Waals surface area (Å²) < 4.78 is 37.8. The monoisotopic (exact) mass is 424 g/mol. The van der Waals surface area contributed by atoms with Gasteiger partial charge < -0.3 is 15.5 Å². The van der Waals surface area contributed by atoms with Gasteiger partial charge in [0.15, 0.2) is 0 Å². The van der Waals surface area contributed by atoms with E-state index in [-0.39, 0.29) is 17.6 Å². The van der Waals surface area contributed by atoms with Crippen LogP contribution in [0.5, 0.6) is 0 Å². The summed E-state index contributed by atoms with van der Waals surface area (Å²) >= 11 is 1.08. The van der Waals surface area contributed by atoms with Gasteiger partial charge in [-0.1, -0.05) is 12.1 Å². The van der Waals surface area contributed by atoms with Crippen molar-refractivity contribution in [1.29, 1.82) is 0 Å². The van der Waals surface area contributed by atoms with Gasteiger partial charge in [-0.15, -0.1) is 11.3 Å². The molecule has 0 saturated carbocycles. The van der Waals surface area contributed by atoms with Gasteiger partial charge in [-0.2, -0.15) is 13.2 Å². The number of carbonyl (C=O) groups is 2. The Kier molecular flexibility index (Phi) is 5.30. The SMILES string of the molecule is O=C(N[C@H]1CN2CCC1CC2)c1cnc(-c2ccccc2NC(=O)C(F)(F)F)s1. The molecule has 4 heterocycles. The first kappa shape index (κ1) is 19.8. The highest BCUT2D eigenvalue weighted by Crippen LogP contribution is 2.33. The van der Waals surface area contributed by atoms with Crippen LogP contribution < -0.4 is 10.6 Å². The van der Waals surface area contributed by atoms with Crippen LogP contribution in [0.1, 0.15) is 22.5 Å². The van der Waals surface area contributed by atoms with E-state index in [0.29, 0.717) is 21.4 Å². The number of para-hydroxylation sites is 1. The lowest BCUT2D eigenvalue weighted by Gasteiger charge is -2.44. The van der Waals surface area contributed by atoms with Crippen molar-refractivity contribution in [3.63, 3.8) is 0 Å². The quantitative estimate of drug-likeness (QED) is 0.791. The normalized spacial score (nSPS) is 23.6. The summed E-state index contributed by atoms with van der Waals surface area (Å²) in [7, 11) is 0. The number of aromatic nitrogens is 1. The molecular formula is C19H19F3N4O2S. The fraction of sp³-hybridized carbons (Fsp3) is 0.421. The molecule has 0 spiro atoms. The number of nitrogens with zero attached hydrogens (tertiary/aromatic N) is 2. The third-order valence-electron chi connectivity index (χ3n) is 5.37. The number of nitrogens with one attached hydrogen (secondary N) is 2. The maximum absolute atomic E-state index is 12.7. The predicted molar refractivity (Wildman–Crippen MR) is 103 cm³/mol. The average molecular weight is 424 g/mol. The van der Waals surface area contributed by atoms with Gasteiger partial charge in [0.25, 0.3) is 5.91 Å². The van der Waals surface area contributed by atoms with E-state index in [2.05, 4.69) is 15.2 Å². The Morgan fingerprint density at radius 3 is 2.55 bits per heavy atom. The molecule has 10 heteroatoms. The second-order valence-corrected chi connectivity index (χ2v) is 8.28. The van der Waals surface area contributed by atoms with E-state index in [1.165, 1.54) is 18.3 Å². The van der Waals surface area contributed by atoms with Gasteiger partial charge >= 0.3 is 12.1 Å². The van der Waals surface area contributed by atoms with Gasteiger partial charge in [-0.3, -0.25) is 9.59 Å². The highest BCUT2D eigenvalue weighted by atomic mass is 32.1. The van der Waals surface area contributed by atoms with Gasteiger partial charge in [0.2, 0.25) is 0 Å². The van der Waals surface area contributed by atoms with Crippen molar-refractivity contribution in [2.75, 3.05) is 25.0 Å². The van der Waals surface area contributed by atoms with Gasteiger partial charge in [0.1, 0.15) is 9.88 Å². The van der Waals surface area contributed by atoms with E-state index in [9.17, 15) is 22.8 Å².